The van der Waals surface area contributed by atoms with Crippen molar-refractivity contribution in [3.63, 3.8) is 0 Å². The molecule has 6 heteroatoms. The highest BCUT2D eigenvalue weighted by atomic mass is 16.5. The Hall–Kier alpha value is -1.40. The van der Waals surface area contributed by atoms with Crippen LogP contribution in [-0.4, -0.2) is 59.4 Å². The van der Waals surface area contributed by atoms with Crippen LogP contribution in [0.1, 0.15) is 50.7 Å². The summed E-state index contributed by atoms with van der Waals surface area (Å²) in [5.41, 5.74) is 1.27. The molecule has 1 aliphatic heterocycles. The summed E-state index contributed by atoms with van der Waals surface area (Å²) in [6.45, 7) is 14.4. The first kappa shape index (κ1) is 17.0. The normalized spacial score (nSPS) is 17.5. The summed E-state index contributed by atoms with van der Waals surface area (Å²) in [4.78, 5) is 14.8. The number of aromatic nitrogens is 2. The molecule has 0 spiro atoms. The molecule has 1 amide bonds. The second-order valence-corrected chi connectivity index (χ2v) is 7.50. The smallest absolute Gasteiger partial charge is 0.254 e. The summed E-state index contributed by atoms with van der Waals surface area (Å²) in [6, 6.07) is 0. The van der Waals surface area contributed by atoms with Gasteiger partial charge in [0, 0.05) is 30.6 Å². The number of hydrogen-bond acceptors (Lipinski definition) is 4. The van der Waals surface area contributed by atoms with Gasteiger partial charge in [-0.1, -0.05) is 20.8 Å². The minimum atomic E-state index is -0.136. The van der Waals surface area contributed by atoms with Gasteiger partial charge in [-0.05, 0) is 13.8 Å². The van der Waals surface area contributed by atoms with E-state index in [0.717, 1.165) is 32.0 Å². The van der Waals surface area contributed by atoms with Gasteiger partial charge < -0.3 is 10.1 Å². The minimum Gasteiger partial charge on any atom is -0.379 e. The number of amides is 1. The average Bonchev–Trinajstić information content (AvgIpc) is 2.95. The standard InChI is InChI=1S/C16H28N4O2/c1-15(2,3)13-12(10-18-19-13)14(21)17-11-16(4,5)20-6-8-22-9-7-20/h10H,6-9,11H2,1-5H3,(H,17,21)(H,18,19). The van der Waals surface area contributed by atoms with Crippen molar-refractivity contribution in [3.05, 3.63) is 17.5 Å². The molecule has 0 saturated carbocycles. The van der Waals surface area contributed by atoms with Crippen LogP contribution < -0.4 is 5.32 Å². The molecule has 22 heavy (non-hydrogen) atoms. The van der Waals surface area contributed by atoms with Gasteiger partial charge in [0.05, 0.1) is 30.7 Å². The van der Waals surface area contributed by atoms with E-state index in [1.165, 1.54) is 0 Å². The molecule has 1 aliphatic rings. The summed E-state index contributed by atoms with van der Waals surface area (Å²) in [6.07, 6.45) is 1.61. The molecule has 6 nitrogen and oxygen atoms in total. The average molecular weight is 308 g/mol. The molecule has 1 fully saturated rings. The van der Waals surface area contributed by atoms with E-state index in [0.29, 0.717) is 12.1 Å². The van der Waals surface area contributed by atoms with Crippen molar-refractivity contribution in [2.75, 3.05) is 32.8 Å². The van der Waals surface area contributed by atoms with Crippen LogP contribution in [-0.2, 0) is 10.2 Å². The predicted octanol–water partition coefficient (Wildman–Crippen LogP) is 1.55. The molecule has 2 N–H and O–H groups in total. The van der Waals surface area contributed by atoms with E-state index in [9.17, 15) is 4.79 Å². The largest absolute Gasteiger partial charge is 0.379 e. The van der Waals surface area contributed by atoms with Crippen molar-refractivity contribution < 1.29 is 9.53 Å². The fourth-order valence-electron chi connectivity index (χ4n) is 2.70. The number of hydrogen-bond donors (Lipinski definition) is 2. The molecule has 0 atom stereocenters. The van der Waals surface area contributed by atoms with Crippen molar-refractivity contribution >= 4 is 5.91 Å². The molecule has 0 bridgehead atoms. The third kappa shape index (κ3) is 3.87. The van der Waals surface area contributed by atoms with Gasteiger partial charge in [0.25, 0.3) is 5.91 Å². The van der Waals surface area contributed by atoms with Crippen LogP contribution in [0.15, 0.2) is 6.20 Å². The lowest BCUT2D eigenvalue weighted by molar-refractivity contribution is -0.00923. The highest BCUT2D eigenvalue weighted by Crippen LogP contribution is 2.23. The summed E-state index contributed by atoms with van der Waals surface area (Å²) in [5, 5.41) is 10.0. The second-order valence-electron chi connectivity index (χ2n) is 7.50. The topological polar surface area (TPSA) is 70.2 Å². The maximum absolute atomic E-state index is 12.5. The van der Waals surface area contributed by atoms with Gasteiger partial charge >= 0.3 is 0 Å². The number of aromatic amines is 1. The molecule has 1 aromatic heterocycles. The zero-order valence-electron chi connectivity index (χ0n) is 14.3. The number of morpholine rings is 1. The summed E-state index contributed by atoms with van der Waals surface area (Å²) >= 11 is 0. The van der Waals surface area contributed by atoms with E-state index in [1.54, 1.807) is 6.20 Å². The Bertz CT molecular complexity index is 510. The number of rotatable bonds is 4. The zero-order chi connectivity index (χ0) is 16.4. The highest BCUT2D eigenvalue weighted by Gasteiger charge is 2.30. The Kier molecular flexibility index (Phi) is 4.92. The van der Waals surface area contributed by atoms with Crippen molar-refractivity contribution in [2.24, 2.45) is 0 Å². The Labute approximate surface area is 132 Å². The van der Waals surface area contributed by atoms with E-state index in [-0.39, 0.29) is 16.9 Å². The third-order valence-corrected chi connectivity index (χ3v) is 4.18. The van der Waals surface area contributed by atoms with Crippen LogP contribution in [0.5, 0.6) is 0 Å². The van der Waals surface area contributed by atoms with Gasteiger partial charge in [-0.2, -0.15) is 5.10 Å². The molecule has 1 saturated heterocycles. The quantitative estimate of drug-likeness (QED) is 0.885. The minimum absolute atomic E-state index is 0.0694. The lowest BCUT2D eigenvalue weighted by Gasteiger charge is -2.40. The van der Waals surface area contributed by atoms with Gasteiger partial charge in [0.1, 0.15) is 0 Å². The molecular weight excluding hydrogens is 280 g/mol. The second kappa shape index (κ2) is 6.38. The first-order valence-corrected chi connectivity index (χ1v) is 7.87. The van der Waals surface area contributed by atoms with Gasteiger partial charge in [-0.3, -0.25) is 14.8 Å². The number of nitrogens with one attached hydrogen (secondary N) is 2. The Morgan fingerprint density at radius 1 is 1.32 bits per heavy atom. The molecule has 0 unspecified atom stereocenters. The summed E-state index contributed by atoms with van der Waals surface area (Å²) in [7, 11) is 0. The molecular formula is C16H28N4O2. The molecule has 124 valence electrons. The van der Waals surface area contributed by atoms with E-state index in [1.807, 2.05) is 0 Å². The fourth-order valence-corrected chi connectivity index (χ4v) is 2.70. The SMILES string of the molecule is CC(C)(C)c1[nH]ncc1C(=O)NCC(C)(C)N1CCOCC1. The maximum atomic E-state index is 12.5. The monoisotopic (exact) mass is 308 g/mol. The number of carbonyl (C=O) groups excluding carboxylic acids is 1. The Morgan fingerprint density at radius 2 is 1.95 bits per heavy atom. The van der Waals surface area contributed by atoms with Crippen LogP contribution in [0.4, 0.5) is 0 Å². The van der Waals surface area contributed by atoms with Crippen molar-refractivity contribution in [1.82, 2.24) is 20.4 Å². The third-order valence-electron chi connectivity index (χ3n) is 4.18. The van der Waals surface area contributed by atoms with Gasteiger partial charge in [-0.15, -0.1) is 0 Å². The van der Waals surface area contributed by atoms with Crippen molar-refractivity contribution in [3.8, 4) is 0 Å². The van der Waals surface area contributed by atoms with E-state index >= 15 is 0 Å². The van der Waals surface area contributed by atoms with E-state index < -0.39 is 0 Å². The fraction of sp³-hybridized carbons (Fsp3) is 0.750. The maximum Gasteiger partial charge on any atom is 0.254 e. The van der Waals surface area contributed by atoms with E-state index in [4.69, 9.17) is 4.74 Å². The van der Waals surface area contributed by atoms with Crippen LogP contribution in [0.25, 0.3) is 0 Å². The molecule has 0 aromatic carbocycles. The molecule has 0 aliphatic carbocycles. The first-order valence-electron chi connectivity index (χ1n) is 7.87. The molecule has 0 radical (unpaired) electrons. The van der Waals surface area contributed by atoms with Crippen molar-refractivity contribution in [2.45, 2.75) is 45.6 Å². The molecule has 1 aromatic rings. The Morgan fingerprint density at radius 3 is 2.55 bits per heavy atom. The highest BCUT2D eigenvalue weighted by molar-refractivity contribution is 5.95. The van der Waals surface area contributed by atoms with Crippen molar-refractivity contribution in [1.29, 1.82) is 0 Å². The number of nitrogens with zero attached hydrogens (tertiary/aromatic N) is 2. The predicted molar refractivity (Wildman–Crippen MR) is 86.1 cm³/mol. The first-order chi connectivity index (χ1) is 10.2. The number of carbonyl (C=O) groups is 1. The van der Waals surface area contributed by atoms with Gasteiger partial charge in [0.2, 0.25) is 0 Å². The summed E-state index contributed by atoms with van der Waals surface area (Å²) < 4.78 is 5.39. The number of ether oxygens (including phenoxy) is 1. The van der Waals surface area contributed by atoms with Gasteiger partial charge in [-0.25, -0.2) is 0 Å². The molecule has 2 rings (SSSR count). The molecule has 2 heterocycles. The van der Waals surface area contributed by atoms with Crippen LogP contribution >= 0.6 is 0 Å². The lowest BCUT2D eigenvalue weighted by atomic mass is 9.89. The van der Waals surface area contributed by atoms with Gasteiger partial charge in [0.15, 0.2) is 0 Å². The number of H-pyrrole nitrogens is 1. The Balaban J connectivity index is 1.99. The van der Waals surface area contributed by atoms with Crippen LogP contribution in [0.2, 0.25) is 0 Å². The lowest BCUT2D eigenvalue weighted by Crippen LogP contribution is -2.55. The summed E-state index contributed by atoms with van der Waals surface area (Å²) in [5.74, 6) is -0.0694. The van der Waals surface area contributed by atoms with Crippen LogP contribution in [0, 0.1) is 0 Å². The zero-order valence-corrected chi connectivity index (χ0v) is 14.3. The van der Waals surface area contributed by atoms with Crippen LogP contribution in [0.3, 0.4) is 0 Å². The van der Waals surface area contributed by atoms with E-state index in [2.05, 4.69) is 55.0 Å².